The fourth-order valence-corrected chi connectivity index (χ4v) is 2.69. The van der Waals surface area contributed by atoms with Gasteiger partial charge in [-0.2, -0.15) is 0 Å². The molecule has 0 atom stereocenters. The number of phenols is 1. The third-order valence-corrected chi connectivity index (χ3v) is 4.08. The minimum absolute atomic E-state index is 0.102. The predicted octanol–water partition coefficient (Wildman–Crippen LogP) is 1.98. The van der Waals surface area contributed by atoms with E-state index in [0.717, 1.165) is 51.0 Å². The van der Waals surface area contributed by atoms with Gasteiger partial charge in [-0.25, -0.2) is 0 Å². The Morgan fingerprint density at radius 2 is 2.05 bits per heavy atom. The van der Waals surface area contributed by atoms with Crippen LogP contribution in [0.2, 0.25) is 5.02 Å². The third kappa shape index (κ3) is 4.63. The standard InChI is InChI=1S/C15H23ClN2O2/c16-14-4-1-3-12(15(14)20)11-17-7-2-8-18-9-5-13(19)6-10-18/h1,3-4,13,17,19-20H,2,5-11H2. The summed E-state index contributed by atoms with van der Waals surface area (Å²) in [6.07, 6.45) is 2.75. The Morgan fingerprint density at radius 3 is 2.80 bits per heavy atom. The van der Waals surface area contributed by atoms with Crippen LogP contribution < -0.4 is 5.32 Å². The summed E-state index contributed by atoms with van der Waals surface area (Å²) in [6.45, 7) is 4.59. The van der Waals surface area contributed by atoms with Crippen molar-refractivity contribution in [3.63, 3.8) is 0 Å². The fraction of sp³-hybridized carbons (Fsp3) is 0.600. The molecule has 1 fully saturated rings. The first-order valence-electron chi connectivity index (χ1n) is 7.24. The second-order valence-electron chi connectivity index (χ2n) is 5.35. The molecule has 0 spiro atoms. The van der Waals surface area contributed by atoms with E-state index in [1.54, 1.807) is 6.07 Å². The molecule has 112 valence electrons. The van der Waals surface area contributed by atoms with Crippen molar-refractivity contribution in [1.82, 2.24) is 10.2 Å². The van der Waals surface area contributed by atoms with E-state index in [-0.39, 0.29) is 11.9 Å². The number of hydrogen-bond acceptors (Lipinski definition) is 4. The molecule has 0 radical (unpaired) electrons. The number of aliphatic hydroxyl groups excluding tert-OH is 1. The molecule has 0 bridgehead atoms. The highest BCUT2D eigenvalue weighted by Gasteiger charge is 2.15. The smallest absolute Gasteiger partial charge is 0.138 e. The van der Waals surface area contributed by atoms with Gasteiger partial charge in [-0.3, -0.25) is 0 Å². The van der Waals surface area contributed by atoms with Crippen molar-refractivity contribution in [3.8, 4) is 5.75 Å². The van der Waals surface area contributed by atoms with Crippen LogP contribution in [0.1, 0.15) is 24.8 Å². The molecule has 0 aliphatic carbocycles. The van der Waals surface area contributed by atoms with E-state index in [1.165, 1.54) is 0 Å². The van der Waals surface area contributed by atoms with Crippen LogP contribution in [0.5, 0.6) is 5.75 Å². The number of phenolic OH excluding ortho intramolecular Hbond substituents is 1. The fourth-order valence-electron chi connectivity index (χ4n) is 2.50. The van der Waals surface area contributed by atoms with Gasteiger partial charge >= 0.3 is 0 Å². The topological polar surface area (TPSA) is 55.7 Å². The van der Waals surface area contributed by atoms with E-state index in [0.29, 0.717) is 11.6 Å². The van der Waals surface area contributed by atoms with E-state index in [4.69, 9.17) is 11.6 Å². The molecule has 1 aliphatic heterocycles. The molecule has 0 unspecified atom stereocenters. The number of hydrogen-bond donors (Lipinski definition) is 3. The van der Waals surface area contributed by atoms with E-state index < -0.39 is 0 Å². The molecule has 1 aromatic carbocycles. The summed E-state index contributed by atoms with van der Waals surface area (Å²) < 4.78 is 0. The number of para-hydroxylation sites is 1. The third-order valence-electron chi connectivity index (χ3n) is 3.77. The summed E-state index contributed by atoms with van der Waals surface area (Å²) >= 11 is 5.86. The number of aliphatic hydroxyl groups is 1. The lowest BCUT2D eigenvalue weighted by molar-refractivity contribution is 0.0821. The minimum atomic E-state index is -0.102. The van der Waals surface area contributed by atoms with Crippen LogP contribution in [-0.4, -0.2) is 47.4 Å². The number of rotatable bonds is 6. The molecule has 4 nitrogen and oxygen atoms in total. The van der Waals surface area contributed by atoms with Gasteiger partial charge in [0, 0.05) is 25.2 Å². The normalized spacial score (nSPS) is 17.5. The largest absolute Gasteiger partial charge is 0.506 e. The van der Waals surface area contributed by atoms with Crippen LogP contribution in [0, 0.1) is 0 Å². The van der Waals surface area contributed by atoms with Gasteiger partial charge in [0.25, 0.3) is 0 Å². The first-order valence-corrected chi connectivity index (χ1v) is 7.62. The molecule has 5 heteroatoms. The van der Waals surface area contributed by atoms with Crippen LogP contribution in [0.15, 0.2) is 18.2 Å². The Kier molecular flexibility index (Phi) is 6.10. The summed E-state index contributed by atoms with van der Waals surface area (Å²) in [5.41, 5.74) is 0.832. The maximum atomic E-state index is 9.78. The maximum Gasteiger partial charge on any atom is 0.138 e. The number of likely N-dealkylation sites (tertiary alicyclic amines) is 1. The lowest BCUT2D eigenvalue weighted by atomic mass is 10.1. The van der Waals surface area contributed by atoms with Crippen LogP contribution in [0.3, 0.4) is 0 Å². The molecule has 0 amide bonds. The van der Waals surface area contributed by atoms with Crippen LogP contribution in [0.4, 0.5) is 0 Å². The van der Waals surface area contributed by atoms with E-state index >= 15 is 0 Å². The summed E-state index contributed by atoms with van der Waals surface area (Å²) in [4.78, 5) is 2.39. The van der Waals surface area contributed by atoms with Crippen molar-refractivity contribution in [3.05, 3.63) is 28.8 Å². The van der Waals surface area contributed by atoms with Gasteiger partial charge in [0.2, 0.25) is 0 Å². The van der Waals surface area contributed by atoms with Crippen molar-refractivity contribution in [1.29, 1.82) is 0 Å². The highest BCUT2D eigenvalue weighted by molar-refractivity contribution is 6.32. The van der Waals surface area contributed by atoms with Crippen molar-refractivity contribution in [2.75, 3.05) is 26.2 Å². The van der Waals surface area contributed by atoms with E-state index in [2.05, 4.69) is 10.2 Å². The molecular weight excluding hydrogens is 276 g/mol. The zero-order valence-corrected chi connectivity index (χ0v) is 12.4. The van der Waals surface area contributed by atoms with Gasteiger partial charge in [-0.15, -0.1) is 0 Å². The Balaban J connectivity index is 1.61. The monoisotopic (exact) mass is 298 g/mol. The van der Waals surface area contributed by atoms with Gasteiger partial charge in [-0.1, -0.05) is 23.7 Å². The number of nitrogens with one attached hydrogen (secondary N) is 1. The lowest BCUT2D eigenvalue weighted by Gasteiger charge is -2.29. The van der Waals surface area contributed by atoms with Gasteiger partial charge in [0.15, 0.2) is 0 Å². The Bertz CT molecular complexity index is 420. The van der Waals surface area contributed by atoms with Crippen LogP contribution >= 0.6 is 11.6 Å². The van der Waals surface area contributed by atoms with Crippen molar-refractivity contribution in [2.45, 2.75) is 31.9 Å². The maximum absolute atomic E-state index is 9.78. The average molecular weight is 299 g/mol. The highest BCUT2D eigenvalue weighted by atomic mass is 35.5. The number of halogens is 1. The zero-order valence-electron chi connectivity index (χ0n) is 11.7. The second-order valence-corrected chi connectivity index (χ2v) is 5.76. The molecular formula is C15H23ClN2O2. The predicted molar refractivity (Wildman–Crippen MR) is 81.1 cm³/mol. The quantitative estimate of drug-likeness (QED) is 0.703. The number of benzene rings is 1. The van der Waals surface area contributed by atoms with Gasteiger partial charge in [0.05, 0.1) is 11.1 Å². The SMILES string of the molecule is Oc1c(Cl)cccc1CNCCCN1CCC(O)CC1. The molecule has 20 heavy (non-hydrogen) atoms. The first kappa shape index (κ1) is 15.6. The summed E-state index contributed by atoms with van der Waals surface area (Å²) in [5.74, 6) is 0.173. The Hall–Kier alpha value is -0.810. The van der Waals surface area contributed by atoms with E-state index in [9.17, 15) is 10.2 Å². The first-order chi connectivity index (χ1) is 9.66. The van der Waals surface area contributed by atoms with Gasteiger partial charge in [-0.05, 0) is 38.4 Å². The molecule has 1 aliphatic rings. The number of piperidine rings is 1. The lowest BCUT2D eigenvalue weighted by Crippen LogP contribution is -2.37. The minimum Gasteiger partial charge on any atom is -0.506 e. The highest BCUT2D eigenvalue weighted by Crippen LogP contribution is 2.26. The molecule has 2 rings (SSSR count). The van der Waals surface area contributed by atoms with Crippen molar-refractivity contribution in [2.24, 2.45) is 0 Å². The summed E-state index contributed by atoms with van der Waals surface area (Å²) in [7, 11) is 0. The summed E-state index contributed by atoms with van der Waals surface area (Å²) in [5, 5.41) is 22.9. The summed E-state index contributed by atoms with van der Waals surface area (Å²) in [6, 6.07) is 5.41. The second kappa shape index (κ2) is 7.84. The van der Waals surface area contributed by atoms with Crippen LogP contribution in [-0.2, 0) is 6.54 Å². The zero-order chi connectivity index (χ0) is 14.4. The average Bonchev–Trinajstić information content (AvgIpc) is 2.45. The van der Waals surface area contributed by atoms with Crippen molar-refractivity contribution >= 4 is 11.6 Å². The molecule has 0 saturated carbocycles. The van der Waals surface area contributed by atoms with Gasteiger partial charge < -0.3 is 20.4 Å². The molecule has 0 aromatic heterocycles. The molecule has 1 aromatic rings. The Morgan fingerprint density at radius 1 is 1.30 bits per heavy atom. The molecule has 3 N–H and O–H groups in total. The van der Waals surface area contributed by atoms with Crippen LogP contribution in [0.25, 0.3) is 0 Å². The number of aromatic hydroxyl groups is 1. The van der Waals surface area contributed by atoms with E-state index in [1.807, 2.05) is 12.1 Å². The number of nitrogens with zero attached hydrogens (tertiary/aromatic N) is 1. The van der Waals surface area contributed by atoms with Gasteiger partial charge in [0.1, 0.15) is 5.75 Å². The Labute approximate surface area is 125 Å². The van der Waals surface area contributed by atoms with Crippen molar-refractivity contribution < 1.29 is 10.2 Å². The molecule has 1 saturated heterocycles. The molecule has 1 heterocycles.